The van der Waals surface area contributed by atoms with E-state index in [0.717, 1.165) is 6.07 Å². The second kappa shape index (κ2) is 5.01. The van der Waals surface area contributed by atoms with Gasteiger partial charge in [-0.15, -0.1) is 5.92 Å². The maximum absolute atomic E-state index is 13.3. The molecule has 1 rings (SSSR count). The summed E-state index contributed by atoms with van der Waals surface area (Å²) in [6.07, 6.45) is 0. The lowest BCUT2D eigenvalue weighted by molar-refractivity contribution is 0.0696. The molecular weight excluding hydrogens is 197 g/mol. The summed E-state index contributed by atoms with van der Waals surface area (Å²) in [5.41, 5.74) is 0.183. The Labute approximate surface area is 86.9 Å². The van der Waals surface area contributed by atoms with Gasteiger partial charge in [-0.3, -0.25) is 0 Å². The van der Waals surface area contributed by atoms with Gasteiger partial charge in [0.2, 0.25) is 0 Å². The van der Waals surface area contributed by atoms with Crippen LogP contribution in [0.25, 0.3) is 0 Å². The van der Waals surface area contributed by atoms with Crippen molar-refractivity contribution in [3.8, 4) is 11.8 Å². The number of carbonyl (C=O) groups is 1. The number of anilines is 1. The SMILES string of the molecule is CC#CCNc1ccc(C(=O)O)cc1F. The molecule has 0 fully saturated rings. The van der Waals surface area contributed by atoms with Crippen molar-refractivity contribution in [1.82, 2.24) is 0 Å². The lowest BCUT2D eigenvalue weighted by Crippen LogP contribution is -2.03. The number of nitrogens with one attached hydrogen (secondary N) is 1. The first-order chi connectivity index (χ1) is 7.15. The van der Waals surface area contributed by atoms with Gasteiger partial charge in [0.1, 0.15) is 5.82 Å². The summed E-state index contributed by atoms with van der Waals surface area (Å²) < 4.78 is 13.3. The summed E-state index contributed by atoms with van der Waals surface area (Å²) >= 11 is 0. The van der Waals surface area contributed by atoms with E-state index >= 15 is 0 Å². The molecule has 0 atom stereocenters. The molecule has 0 bridgehead atoms. The molecule has 0 aliphatic heterocycles. The molecule has 1 aromatic rings. The zero-order chi connectivity index (χ0) is 11.3. The average Bonchev–Trinajstić information content (AvgIpc) is 2.20. The van der Waals surface area contributed by atoms with E-state index in [1.54, 1.807) is 6.92 Å². The Morgan fingerprint density at radius 2 is 2.33 bits per heavy atom. The van der Waals surface area contributed by atoms with Crippen molar-refractivity contribution in [2.45, 2.75) is 6.92 Å². The fourth-order valence-electron chi connectivity index (χ4n) is 1.02. The van der Waals surface area contributed by atoms with Crippen molar-refractivity contribution >= 4 is 11.7 Å². The van der Waals surface area contributed by atoms with E-state index in [9.17, 15) is 9.18 Å². The molecule has 0 unspecified atom stereocenters. The molecule has 0 aromatic heterocycles. The van der Waals surface area contributed by atoms with Crippen molar-refractivity contribution in [3.63, 3.8) is 0 Å². The van der Waals surface area contributed by atoms with Crippen LogP contribution in [0.4, 0.5) is 10.1 Å². The minimum absolute atomic E-state index is 0.0698. The fraction of sp³-hybridized carbons (Fsp3) is 0.182. The highest BCUT2D eigenvalue weighted by molar-refractivity contribution is 5.88. The standard InChI is InChI=1S/C11H10FNO2/c1-2-3-6-13-10-5-4-8(11(14)15)7-9(10)12/h4-5,7,13H,6H2,1H3,(H,14,15). The van der Waals surface area contributed by atoms with Crippen LogP contribution in [-0.2, 0) is 0 Å². The Hall–Kier alpha value is -2.02. The van der Waals surface area contributed by atoms with E-state index in [1.165, 1.54) is 12.1 Å². The van der Waals surface area contributed by atoms with Crippen LogP contribution >= 0.6 is 0 Å². The molecule has 2 N–H and O–H groups in total. The minimum atomic E-state index is -1.14. The minimum Gasteiger partial charge on any atom is -0.478 e. The number of hydrogen-bond donors (Lipinski definition) is 2. The zero-order valence-corrected chi connectivity index (χ0v) is 8.17. The maximum atomic E-state index is 13.3. The Kier molecular flexibility index (Phi) is 3.69. The van der Waals surface area contributed by atoms with Crippen LogP contribution in [0.3, 0.4) is 0 Å². The Morgan fingerprint density at radius 1 is 1.60 bits per heavy atom. The first-order valence-electron chi connectivity index (χ1n) is 4.31. The lowest BCUT2D eigenvalue weighted by Gasteiger charge is -2.04. The van der Waals surface area contributed by atoms with E-state index in [0.29, 0.717) is 6.54 Å². The number of rotatable bonds is 3. The summed E-state index contributed by atoms with van der Waals surface area (Å²) in [6.45, 7) is 2.02. The van der Waals surface area contributed by atoms with E-state index in [2.05, 4.69) is 17.2 Å². The van der Waals surface area contributed by atoms with Crippen LogP contribution < -0.4 is 5.32 Å². The normalized spacial score (nSPS) is 8.93. The van der Waals surface area contributed by atoms with Gasteiger partial charge in [0.15, 0.2) is 0 Å². The average molecular weight is 207 g/mol. The van der Waals surface area contributed by atoms with E-state index < -0.39 is 11.8 Å². The third-order valence-corrected chi connectivity index (χ3v) is 1.76. The third kappa shape index (κ3) is 2.99. The summed E-state index contributed by atoms with van der Waals surface area (Å²) in [5.74, 6) is 3.64. The number of carboxylic acid groups (broad SMARTS) is 1. The van der Waals surface area contributed by atoms with Crippen molar-refractivity contribution in [3.05, 3.63) is 29.6 Å². The van der Waals surface area contributed by atoms with Gasteiger partial charge in [-0.2, -0.15) is 0 Å². The molecule has 0 saturated carbocycles. The summed E-state index contributed by atoms with van der Waals surface area (Å²) in [5, 5.41) is 11.3. The molecule has 0 radical (unpaired) electrons. The monoisotopic (exact) mass is 207 g/mol. The van der Waals surface area contributed by atoms with E-state index in [-0.39, 0.29) is 11.3 Å². The van der Waals surface area contributed by atoms with Crippen LogP contribution in [0.15, 0.2) is 18.2 Å². The Balaban J connectivity index is 2.82. The molecule has 0 spiro atoms. The van der Waals surface area contributed by atoms with Crippen molar-refractivity contribution in [2.24, 2.45) is 0 Å². The van der Waals surface area contributed by atoms with Gasteiger partial charge in [-0.25, -0.2) is 9.18 Å². The molecule has 78 valence electrons. The summed E-state index contributed by atoms with van der Waals surface area (Å²) in [7, 11) is 0. The third-order valence-electron chi connectivity index (χ3n) is 1.76. The summed E-state index contributed by atoms with van der Waals surface area (Å²) in [4.78, 5) is 10.5. The summed E-state index contributed by atoms with van der Waals surface area (Å²) in [6, 6.07) is 3.70. The first kappa shape index (κ1) is 11.1. The van der Waals surface area contributed by atoms with Gasteiger partial charge in [0.25, 0.3) is 0 Å². The van der Waals surface area contributed by atoms with Crippen LogP contribution in [0.2, 0.25) is 0 Å². The molecule has 1 aromatic carbocycles. The predicted molar refractivity (Wildman–Crippen MR) is 55.3 cm³/mol. The molecule has 0 amide bonds. The molecule has 3 nitrogen and oxygen atoms in total. The van der Waals surface area contributed by atoms with Gasteiger partial charge in [0.05, 0.1) is 17.8 Å². The van der Waals surface area contributed by atoms with Crippen LogP contribution in [0.5, 0.6) is 0 Å². The topological polar surface area (TPSA) is 49.3 Å². The number of benzene rings is 1. The molecule has 15 heavy (non-hydrogen) atoms. The van der Waals surface area contributed by atoms with Crippen molar-refractivity contribution in [2.75, 3.05) is 11.9 Å². The zero-order valence-electron chi connectivity index (χ0n) is 8.17. The second-order valence-corrected chi connectivity index (χ2v) is 2.78. The lowest BCUT2D eigenvalue weighted by atomic mass is 10.2. The highest BCUT2D eigenvalue weighted by Gasteiger charge is 2.07. The maximum Gasteiger partial charge on any atom is 0.335 e. The largest absolute Gasteiger partial charge is 0.478 e. The Bertz CT molecular complexity index is 432. The van der Waals surface area contributed by atoms with Crippen LogP contribution in [0, 0.1) is 17.7 Å². The highest BCUT2D eigenvalue weighted by Crippen LogP contribution is 2.15. The molecule has 4 heteroatoms. The van der Waals surface area contributed by atoms with E-state index in [4.69, 9.17) is 5.11 Å². The smallest absolute Gasteiger partial charge is 0.335 e. The number of carboxylic acids is 1. The quantitative estimate of drug-likeness (QED) is 0.745. The van der Waals surface area contributed by atoms with Crippen molar-refractivity contribution in [1.29, 1.82) is 0 Å². The molecular formula is C11H10FNO2. The van der Waals surface area contributed by atoms with Crippen LogP contribution in [0.1, 0.15) is 17.3 Å². The fourth-order valence-corrected chi connectivity index (χ4v) is 1.02. The number of halogens is 1. The van der Waals surface area contributed by atoms with Gasteiger partial charge in [0, 0.05) is 0 Å². The molecule has 0 heterocycles. The van der Waals surface area contributed by atoms with E-state index in [1.807, 2.05) is 0 Å². The first-order valence-corrected chi connectivity index (χ1v) is 4.31. The van der Waals surface area contributed by atoms with Gasteiger partial charge < -0.3 is 10.4 Å². The molecule has 0 saturated heterocycles. The van der Waals surface area contributed by atoms with Gasteiger partial charge in [-0.05, 0) is 25.1 Å². The highest BCUT2D eigenvalue weighted by atomic mass is 19.1. The molecule has 0 aliphatic rings. The van der Waals surface area contributed by atoms with Crippen LogP contribution in [-0.4, -0.2) is 17.6 Å². The van der Waals surface area contributed by atoms with Gasteiger partial charge in [-0.1, -0.05) is 5.92 Å². The molecule has 0 aliphatic carbocycles. The van der Waals surface area contributed by atoms with Crippen molar-refractivity contribution < 1.29 is 14.3 Å². The number of aromatic carboxylic acids is 1. The number of hydrogen-bond acceptors (Lipinski definition) is 2. The Morgan fingerprint density at radius 3 is 2.87 bits per heavy atom. The second-order valence-electron chi connectivity index (χ2n) is 2.78. The predicted octanol–water partition coefficient (Wildman–Crippen LogP) is 1.96. The van der Waals surface area contributed by atoms with Gasteiger partial charge >= 0.3 is 5.97 Å².